The van der Waals surface area contributed by atoms with Gasteiger partial charge in [0.15, 0.2) is 20.4 Å². The van der Waals surface area contributed by atoms with Crippen molar-refractivity contribution in [3.8, 4) is 11.4 Å². The summed E-state index contributed by atoms with van der Waals surface area (Å²) >= 11 is 5.55. The van der Waals surface area contributed by atoms with Crippen molar-refractivity contribution in [1.29, 1.82) is 0 Å². The standard InChI is InChI=1S/C17H24N4O3S2/c1-19-16(14-6-4-3-5-7-14)18-21(17(19)25)13-20(9-10-24-2)15-8-11-26(22,23)12-15/h3-7,15H,8-13H2,1-2H3/t15-/m0/s1. The molecule has 0 amide bonds. The van der Waals surface area contributed by atoms with Crippen molar-refractivity contribution in [3.63, 3.8) is 0 Å². The van der Waals surface area contributed by atoms with Gasteiger partial charge >= 0.3 is 0 Å². The number of hydrogen-bond acceptors (Lipinski definition) is 6. The van der Waals surface area contributed by atoms with Crippen LogP contribution < -0.4 is 0 Å². The summed E-state index contributed by atoms with van der Waals surface area (Å²) in [6.45, 7) is 1.61. The van der Waals surface area contributed by atoms with Crippen molar-refractivity contribution in [2.75, 3.05) is 31.8 Å². The van der Waals surface area contributed by atoms with E-state index < -0.39 is 9.84 Å². The lowest BCUT2D eigenvalue weighted by molar-refractivity contribution is 0.0980. The highest BCUT2D eigenvalue weighted by molar-refractivity contribution is 7.91. The molecule has 7 nitrogen and oxygen atoms in total. The minimum absolute atomic E-state index is 0.0285. The maximum Gasteiger partial charge on any atom is 0.199 e. The molecule has 1 atom stereocenters. The summed E-state index contributed by atoms with van der Waals surface area (Å²) < 4.78 is 33.2. The summed E-state index contributed by atoms with van der Waals surface area (Å²) in [6.07, 6.45) is 0.637. The van der Waals surface area contributed by atoms with Gasteiger partial charge in [0.05, 0.1) is 24.8 Å². The molecular weight excluding hydrogens is 372 g/mol. The van der Waals surface area contributed by atoms with E-state index in [1.165, 1.54) is 0 Å². The molecule has 26 heavy (non-hydrogen) atoms. The maximum atomic E-state index is 11.9. The van der Waals surface area contributed by atoms with Crippen LogP contribution in [0.2, 0.25) is 0 Å². The summed E-state index contributed by atoms with van der Waals surface area (Å²) in [5, 5.41) is 4.68. The van der Waals surface area contributed by atoms with Crippen LogP contribution in [0.3, 0.4) is 0 Å². The van der Waals surface area contributed by atoms with Gasteiger partial charge in [-0.25, -0.2) is 13.1 Å². The number of nitrogens with zero attached hydrogens (tertiary/aromatic N) is 4. The zero-order valence-corrected chi connectivity index (χ0v) is 16.7. The van der Waals surface area contributed by atoms with Gasteiger partial charge in [0.2, 0.25) is 0 Å². The van der Waals surface area contributed by atoms with Crippen molar-refractivity contribution in [1.82, 2.24) is 19.2 Å². The highest BCUT2D eigenvalue weighted by Crippen LogP contribution is 2.20. The Hall–Kier alpha value is -1.55. The predicted octanol–water partition coefficient (Wildman–Crippen LogP) is 1.71. The van der Waals surface area contributed by atoms with Gasteiger partial charge in [-0.15, -0.1) is 0 Å². The molecule has 0 aliphatic carbocycles. The first-order valence-corrected chi connectivity index (χ1v) is 10.8. The number of ether oxygens (including phenoxy) is 1. The molecule has 0 radical (unpaired) electrons. The Balaban J connectivity index is 1.86. The van der Waals surface area contributed by atoms with Crippen LogP contribution >= 0.6 is 12.2 Å². The minimum Gasteiger partial charge on any atom is -0.383 e. The molecule has 142 valence electrons. The Morgan fingerprint density at radius 3 is 2.69 bits per heavy atom. The van der Waals surface area contributed by atoms with E-state index in [0.29, 0.717) is 31.0 Å². The SMILES string of the molecule is COCCN(Cn1nc(-c2ccccc2)n(C)c1=S)[C@H]1CCS(=O)(=O)C1. The normalized spacial score (nSPS) is 19.3. The second kappa shape index (κ2) is 7.99. The van der Waals surface area contributed by atoms with Crippen LogP contribution in [0, 0.1) is 4.77 Å². The first-order valence-electron chi connectivity index (χ1n) is 8.54. The molecule has 0 spiro atoms. The van der Waals surface area contributed by atoms with Gasteiger partial charge < -0.3 is 9.30 Å². The van der Waals surface area contributed by atoms with E-state index in [9.17, 15) is 8.42 Å². The average Bonchev–Trinajstić information content (AvgIpc) is 3.13. The molecular formula is C17H24N4O3S2. The third kappa shape index (κ3) is 4.22. The second-order valence-corrected chi connectivity index (χ2v) is 9.13. The largest absolute Gasteiger partial charge is 0.383 e. The van der Waals surface area contributed by atoms with Crippen LogP contribution in [0.5, 0.6) is 0 Å². The second-order valence-electron chi connectivity index (χ2n) is 6.53. The topological polar surface area (TPSA) is 69.4 Å². The summed E-state index contributed by atoms with van der Waals surface area (Å²) in [6, 6.07) is 9.85. The highest BCUT2D eigenvalue weighted by atomic mass is 32.2. The molecule has 2 heterocycles. The fourth-order valence-electron chi connectivity index (χ4n) is 3.23. The quantitative estimate of drug-likeness (QED) is 0.664. The number of sulfone groups is 1. The molecule has 2 aromatic rings. The van der Waals surface area contributed by atoms with Gasteiger partial charge in [-0.2, -0.15) is 5.10 Å². The monoisotopic (exact) mass is 396 g/mol. The van der Waals surface area contributed by atoms with E-state index in [0.717, 1.165) is 11.4 Å². The molecule has 1 aromatic carbocycles. The summed E-state index contributed by atoms with van der Waals surface area (Å²) in [5.41, 5.74) is 0.992. The van der Waals surface area contributed by atoms with E-state index in [1.807, 2.05) is 41.9 Å². The summed E-state index contributed by atoms with van der Waals surface area (Å²) in [5.74, 6) is 1.22. The van der Waals surface area contributed by atoms with Crippen LogP contribution in [0.15, 0.2) is 30.3 Å². The smallest absolute Gasteiger partial charge is 0.199 e. The molecule has 9 heteroatoms. The molecule has 1 aliphatic heterocycles. The third-order valence-corrected chi connectivity index (χ3v) is 6.93. The molecule has 1 aromatic heterocycles. The van der Waals surface area contributed by atoms with Crippen LogP contribution in [0.4, 0.5) is 0 Å². The Labute approximate surface area is 159 Å². The van der Waals surface area contributed by atoms with Crippen molar-refractivity contribution in [2.24, 2.45) is 7.05 Å². The number of methoxy groups -OCH3 is 1. The first-order chi connectivity index (χ1) is 12.4. The summed E-state index contributed by atoms with van der Waals surface area (Å²) in [7, 11) is 0.582. The predicted molar refractivity (Wildman–Crippen MR) is 103 cm³/mol. The fraction of sp³-hybridized carbons (Fsp3) is 0.529. The van der Waals surface area contributed by atoms with E-state index in [1.54, 1.807) is 11.8 Å². The molecule has 0 saturated carbocycles. The summed E-state index contributed by atoms with van der Waals surface area (Å²) in [4.78, 5) is 2.10. The molecule has 1 aliphatic rings. The van der Waals surface area contributed by atoms with E-state index >= 15 is 0 Å². The van der Waals surface area contributed by atoms with E-state index in [-0.39, 0.29) is 17.5 Å². The average molecular weight is 397 g/mol. The zero-order valence-electron chi connectivity index (χ0n) is 15.0. The molecule has 0 N–H and O–H groups in total. The van der Waals surface area contributed by atoms with Crippen LogP contribution in [0.25, 0.3) is 11.4 Å². The van der Waals surface area contributed by atoms with Crippen molar-refractivity contribution < 1.29 is 13.2 Å². The molecule has 3 rings (SSSR count). The van der Waals surface area contributed by atoms with Crippen molar-refractivity contribution in [3.05, 3.63) is 35.1 Å². The van der Waals surface area contributed by atoms with Crippen LogP contribution in [-0.4, -0.2) is 65.5 Å². The lowest BCUT2D eigenvalue weighted by Gasteiger charge is -2.27. The van der Waals surface area contributed by atoms with Gasteiger partial charge in [-0.3, -0.25) is 4.90 Å². The Morgan fingerprint density at radius 1 is 1.35 bits per heavy atom. The number of hydrogen-bond donors (Lipinski definition) is 0. The van der Waals surface area contributed by atoms with Gasteiger partial charge in [0.1, 0.15) is 0 Å². The lowest BCUT2D eigenvalue weighted by Crippen LogP contribution is -2.40. The molecule has 1 saturated heterocycles. The van der Waals surface area contributed by atoms with E-state index in [4.69, 9.17) is 17.0 Å². The lowest BCUT2D eigenvalue weighted by atomic mass is 10.2. The molecule has 1 fully saturated rings. The minimum atomic E-state index is -2.96. The fourth-order valence-corrected chi connectivity index (χ4v) is 5.18. The van der Waals surface area contributed by atoms with Gasteiger partial charge in [-0.1, -0.05) is 30.3 Å². The Kier molecular flexibility index (Phi) is 5.91. The van der Waals surface area contributed by atoms with Crippen LogP contribution in [-0.2, 0) is 28.3 Å². The van der Waals surface area contributed by atoms with Gasteiger partial charge in [0, 0.05) is 32.3 Å². The maximum absolute atomic E-state index is 11.9. The highest BCUT2D eigenvalue weighted by Gasteiger charge is 2.32. The molecule has 0 bridgehead atoms. The zero-order chi connectivity index (χ0) is 18.7. The first kappa shape index (κ1) is 19.2. The van der Waals surface area contributed by atoms with Crippen LogP contribution in [0.1, 0.15) is 6.42 Å². The van der Waals surface area contributed by atoms with Crippen molar-refractivity contribution in [2.45, 2.75) is 19.1 Å². The number of rotatable bonds is 7. The van der Waals surface area contributed by atoms with Gasteiger partial charge in [-0.05, 0) is 18.6 Å². The molecule has 0 unspecified atom stereocenters. The Morgan fingerprint density at radius 2 is 2.08 bits per heavy atom. The third-order valence-electron chi connectivity index (χ3n) is 4.70. The van der Waals surface area contributed by atoms with Gasteiger partial charge in [0.25, 0.3) is 0 Å². The number of aromatic nitrogens is 3. The van der Waals surface area contributed by atoms with E-state index in [2.05, 4.69) is 10.00 Å². The Bertz CT molecular complexity index is 906. The number of benzene rings is 1. The van der Waals surface area contributed by atoms with Crippen molar-refractivity contribution >= 4 is 22.1 Å².